The quantitative estimate of drug-likeness (QED) is 0.744. The molecule has 0 N–H and O–H groups in total. The molecule has 1 heterocycles. The van der Waals surface area contributed by atoms with E-state index in [2.05, 4.69) is 48.7 Å². The molecule has 56 valence electrons. The van der Waals surface area contributed by atoms with Crippen LogP contribution in [0.3, 0.4) is 0 Å². The fraction of sp³-hybridized carbons (Fsp3) is 0.600. The summed E-state index contributed by atoms with van der Waals surface area (Å²) in [6.45, 7) is 4.09. The van der Waals surface area contributed by atoms with Crippen LogP contribution in [0.15, 0.2) is 4.60 Å². The Morgan fingerprint density at radius 2 is 2.10 bits per heavy atom. The van der Waals surface area contributed by atoms with Crippen molar-refractivity contribution in [2.24, 2.45) is 0 Å². The molecular weight excluding hydrogens is 309 g/mol. The zero-order valence-electron chi connectivity index (χ0n) is 5.67. The predicted molar refractivity (Wildman–Crippen MR) is 50.8 cm³/mol. The van der Waals surface area contributed by atoms with Crippen LogP contribution in [0.5, 0.6) is 0 Å². The van der Waals surface area contributed by atoms with Crippen LogP contribution in [0.25, 0.3) is 0 Å². The minimum atomic E-state index is 0.333. The highest BCUT2D eigenvalue weighted by atomic mass is 127. The van der Waals surface area contributed by atoms with Crippen molar-refractivity contribution in [2.45, 2.75) is 19.9 Å². The zero-order chi connectivity index (χ0) is 7.72. The van der Waals surface area contributed by atoms with Crippen molar-refractivity contribution in [3.8, 4) is 0 Å². The summed E-state index contributed by atoms with van der Waals surface area (Å²) in [5, 5.41) is 8.28. The van der Waals surface area contributed by atoms with E-state index in [1.165, 1.54) is 0 Å². The summed E-state index contributed by atoms with van der Waals surface area (Å²) in [6, 6.07) is 0.333. The standard InChI is InChI=1S/C5H7BrIN3/c1-3(2)10-8-4(6)5(7)9-10/h3H,1-2H3. The summed E-state index contributed by atoms with van der Waals surface area (Å²) < 4.78 is 1.73. The number of halogens is 2. The van der Waals surface area contributed by atoms with E-state index in [1.54, 1.807) is 4.80 Å². The Bertz CT molecular complexity index is 213. The van der Waals surface area contributed by atoms with Gasteiger partial charge in [0.2, 0.25) is 0 Å². The van der Waals surface area contributed by atoms with Crippen molar-refractivity contribution in [3.63, 3.8) is 0 Å². The van der Waals surface area contributed by atoms with Crippen LogP contribution in [0, 0.1) is 3.70 Å². The molecule has 0 saturated heterocycles. The van der Waals surface area contributed by atoms with Crippen LogP contribution < -0.4 is 0 Å². The fourth-order valence-corrected chi connectivity index (χ4v) is 1.09. The molecular formula is C5H7BrIN3. The molecule has 10 heavy (non-hydrogen) atoms. The molecule has 0 unspecified atom stereocenters. The van der Waals surface area contributed by atoms with Gasteiger partial charge in [-0.3, -0.25) is 0 Å². The summed E-state index contributed by atoms with van der Waals surface area (Å²) in [4.78, 5) is 1.69. The molecule has 0 aliphatic rings. The Kier molecular flexibility index (Phi) is 2.67. The van der Waals surface area contributed by atoms with Crippen molar-refractivity contribution in [3.05, 3.63) is 8.30 Å². The van der Waals surface area contributed by atoms with Crippen LogP contribution in [0.4, 0.5) is 0 Å². The Balaban J connectivity index is 2.98. The van der Waals surface area contributed by atoms with Crippen molar-refractivity contribution < 1.29 is 0 Å². The van der Waals surface area contributed by atoms with E-state index in [-0.39, 0.29) is 0 Å². The molecule has 0 bridgehead atoms. The van der Waals surface area contributed by atoms with E-state index < -0.39 is 0 Å². The third kappa shape index (κ3) is 1.69. The van der Waals surface area contributed by atoms with Crippen molar-refractivity contribution in [2.75, 3.05) is 0 Å². The second-order valence-corrected chi connectivity index (χ2v) is 3.97. The number of hydrogen-bond donors (Lipinski definition) is 0. The maximum Gasteiger partial charge on any atom is 0.161 e. The molecule has 0 radical (unpaired) electrons. The van der Waals surface area contributed by atoms with Gasteiger partial charge in [-0.2, -0.15) is 4.80 Å². The lowest BCUT2D eigenvalue weighted by atomic mass is 10.4. The third-order valence-corrected chi connectivity index (χ3v) is 3.01. The Morgan fingerprint density at radius 3 is 2.30 bits per heavy atom. The van der Waals surface area contributed by atoms with Gasteiger partial charge in [0, 0.05) is 0 Å². The Labute approximate surface area is 81.5 Å². The lowest BCUT2D eigenvalue weighted by molar-refractivity contribution is 0.463. The molecule has 0 aliphatic heterocycles. The van der Waals surface area contributed by atoms with Gasteiger partial charge in [-0.15, -0.1) is 10.2 Å². The van der Waals surface area contributed by atoms with Crippen LogP contribution in [-0.2, 0) is 0 Å². The summed E-state index contributed by atoms with van der Waals surface area (Å²) in [7, 11) is 0. The van der Waals surface area contributed by atoms with Crippen LogP contribution in [0.2, 0.25) is 0 Å². The molecule has 1 aromatic heterocycles. The van der Waals surface area contributed by atoms with Gasteiger partial charge in [0.25, 0.3) is 0 Å². The molecule has 0 amide bonds. The van der Waals surface area contributed by atoms with E-state index in [0.29, 0.717) is 6.04 Å². The predicted octanol–water partition coefficient (Wildman–Crippen LogP) is 2.23. The first-order valence-electron chi connectivity index (χ1n) is 2.89. The van der Waals surface area contributed by atoms with Crippen LogP contribution >= 0.6 is 38.5 Å². The number of hydrogen-bond acceptors (Lipinski definition) is 2. The average molecular weight is 316 g/mol. The molecule has 5 heteroatoms. The van der Waals surface area contributed by atoms with Gasteiger partial charge >= 0.3 is 0 Å². The summed E-state index contributed by atoms with van der Waals surface area (Å²) in [5.74, 6) is 0. The summed E-state index contributed by atoms with van der Waals surface area (Å²) in [5.41, 5.74) is 0. The van der Waals surface area contributed by atoms with Crippen molar-refractivity contribution in [1.29, 1.82) is 0 Å². The molecule has 0 atom stereocenters. The molecule has 0 spiro atoms. The lowest BCUT2D eigenvalue weighted by Gasteiger charge is -1.99. The topological polar surface area (TPSA) is 30.7 Å². The molecule has 1 aromatic rings. The van der Waals surface area contributed by atoms with Gasteiger partial charge in [0.05, 0.1) is 6.04 Å². The largest absolute Gasteiger partial charge is 0.180 e. The molecule has 0 fully saturated rings. The smallest absolute Gasteiger partial charge is 0.161 e. The fourth-order valence-electron chi connectivity index (χ4n) is 0.516. The first-order valence-corrected chi connectivity index (χ1v) is 4.76. The van der Waals surface area contributed by atoms with Gasteiger partial charge in [-0.25, -0.2) is 0 Å². The maximum atomic E-state index is 4.16. The second kappa shape index (κ2) is 3.17. The SMILES string of the molecule is CC(C)n1nc(Br)c(I)n1. The minimum absolute atomic E-state index is 0.333. The monoisotopic (exact) mass is 315 g/mol. The van der Waals surface area contributed by atoms with E-state index in [0.717, 1.165) is 8.30 Å². The zero-order valence-corrected chi connectivity index (χ0v) is 9.42. The van der Waals surface area contributed by atoms with Gasteiger partial charge in [0.1, 0.15) is 0 Å². The highest BCUT2D eigenvalue weighted by molar-refractivity contribution is 14.1. The lowest BCUT2D eigenvalue weighted by Crippen LogP contribution is -2.04. The van der Waals surface area contributed by atoms with E-state index in [1.807, 2.05) is 13.8 Å². The third-order valence-electron chi connectivity index (χ3n) is 1.01. The number of aromatic nitrogens is 3. The Morgan fingerprint density at radius 1 is 1.50 bits per heavy atom. The average Bonchev–Trinajstić information content (AvgIpc) is 2.13. The normalized spacial score (nSPS) is 10.9. The minimum Gasteiger partial charge on any atom is -0.180 e. The van der Waals surface area contributed by atoms with Crippen LogP contribution in [0.1, 0.15) is 19.9 Å². The molecule has 0 aromatic carbocycles. The molecule has 3 nitrogen and oxygen atoms in total. The van der Waals surface area contributed by atoms with Gasteiger partial charge < -0.3 is 0 Å². The summed E-state index contributed by atoms with van der Waals surface area (Å²) >= 11 is 5.42. The van der Waals surface area contributed by atoms with E-state index in [4.69, 9.17) is 0 Å². The van der Waals surface area contributed by atoms with Gasteiger partial charge in [-0.05, 0) is 52.4 Å². The van der Waals surface area contributed by atoms with Gasteiger partial charge in [0.15, 0.2) is 8.30 Å². The second-order valence-electron chi connectivity index (χ2n) is 2.20. The van der Waals surface area contributed by atoms with E-state index >= 15 is 0 Å². The molecule has 0 aliphatic carbocycles. The van der Waals surface area contributed by atoms with Crippen molar-refractivity contribution >= 4 is 38.5 Å². The first kappa shape index (κ1) is 8.45. The number of nitrogens with zero attached hydrogens (tertiary/aromatic N) is 3. The number of rotatable bonds is 1. The Hall–Kier alpha value is 0.350. The molecule has 1 rings (SSSR count). The highest BCUT2D eigenvalue weighted by Crippen LogP contribution is 2.14. The summed E-state index contributed by atoms with van der Waals surface area (Å²) in [6.07, 6.45) is 0. The highest BCUT2D eigenvalue weighted by Gasteiger charge is 2.05. The first-order chi connectivity index (χ1) is 4.61. The van der Waals surface area contributed by atoms with Gasteiger partial charge in [-0.1, -0.05) is 0 Å². The molecule has 0 saturated carbocycles. The van der Waals surface area contributed by atoms with Crippen molar-refractivity contribution in [1.82, 2.24) is 15.0 Å². The van der Waals surface area contributed by atoms with Crippen LogP contribution in [-0.4, -0.2) is 15.0 Å². The maximum absolute atomic E-state index is 4.16. The van der Waals surface area contributed by atoms with E-state index in [9.17, 15) is 0 Å².